The fourth-order valence-electron chi connectivity index (χ4n) is 12.7. The van der Waals surface area contributed by atoms with Gasteiger partial charge in [-0.25, -0.2) is 0 Å². The fraction of sp³-hybridized carbons (Fsp3) is 0.0244. The van der Waals surface area contributed by atoms with E-state index in [0.717, 1.165) is 178 Å². The largest absolute Gasteiger partial charge is 0.457 e. The van der Waals surface area contributed by atoms with Gasteiger partial charge in [0.1, 0.15) is 45.3 Å². The van der Waals surface area contributed by atoms with Gasteiger partial charge in [0, 0.05) is 121 Å². The summed E-state index contributed by atoms with van der Waals surface area (Å²) < 4.78 is 37.1. The first-order chi connectivity index (χ1) is 45.5. The van der Waals surface area contributed by atoms with E-state index in [1.165, 1.54) is 0 Å². The van der Waals surface area contributed by atoms with E-state index in [-0.39, 0.29) is 13.6 Å². The predicted octanol–water partition coefficient (Wildman–Crippen LogP) is 20.9. The number of hydrogen-bond donors (Lipinski definition) is 0. The first-order valence-corrected chi connectivity index (χ1v) is 30.4. The fourth-order valence-corrected chi connectivity index (χ4v) is 12.7. The molecule has 0 aliphatic carbocycles. The molecule has 8 heterocycles. The monoisotopic (exact) mass is 1190 g/mol. The van der Waals surface area contributed by atoms with Crippen LogP contribution >= 0.6 is 0 Å². The van der Waals surface area contributed by atoms with Gasteiger partial charge in [-0.3, -0.25) is 19.9 Å². The lowest BCUT2D eigenvalue weighted by molar-refractivity contribution is 0.124. The molecule has 0 fully saturated rings. The Morgan fingerprint density at radius 1 is 0.217 bits per heavy atom. The molecular weight excluding hydrogens is 1140 g/mol. The van der Waals surface area contributed by atoms with Gasteiger partial charge < -0.3 is 27.8 Å². The SMILES string of the molecule is c1cncc(-c2cc(-c3cccnc3)cc(-c3ccc4c(c3)OCOc3ccc(-c5ccc6c(c5)oc5ccccc56)cc3-4)c2)c1.c1cncc(-c2cc(-c3cccnc3)cc(-c3ccc4c(c3)OCOc3ccc(-c5cccc6c5oc5ccccc56)cc3-4)c2)c1. The third-order valence-corrected chi connectivity index (χ3v) is 17.3. The number of rotatable bonds is 8. The number of ether oxygens (including phenoxy) is 4. The van der Waals surface area contributed by atoms with E-state index in [2.05, 4.69) is 190 Å². The van der Waals surface area contributed by atoms with Crippen LogP contribution in [-0.2, 0) is 0 Å². The van der Waals surface area contributed by atoms with E-state index >= 15 is 0 Å². The van der Waals surface area contributed by atoms with E-state index in [1.807, 2.05) is 97.6 Å². The maximum atomic E-state index is 6.36. The molecule has 0 bridgehead atoms. The molecule has 10 aromatic carbocycles. The van der Waals surface area contributed by atoms with Crippen molar-refractivity contribution in [1.29, 1.82) is 0 Å². The molecule has 0 radical (unpaired) electrons. The molecule has 6 aromatic heterocycles. The lowest BCUT2D eigenvalue weighted by Crippen LogP contribution is -2.03. The zero-order valence-electron chi connectivity index (χ0n) is 49.4. The summed E-state index contributed by atoms with van der Waals surface area (Å²) in [6.07, 6.45) is 14.7. The zero-order valence-corrected chi connectivity index (χ0v) is 49.4. The second-order valence-electron chi connectivity index (χ2n) is 22.8. The van der Waals surface area contributed by atoms with Crippen LogP contribution in [0.5, 0.6) is 23.0 Å². The molecule has 0 spiro atoms. The number of aromatic nitrogens is 4. The van der Waals surface area contributed by atoms with Crippen LogP contribution in [0.2, 0.25) is 0 Å². The zero-order chi connectivity index (χ0) is 60.9. The van der Waals surface area contributed by atoms with Crippen molar-refractivity contribution in [2.45, 2.75) is 0 Å². The van der Waals surface area contributed by atoms with Crippen LogP contribution < -0.4 is 18.9 Å². The second kappa shape index (κ2) is 23.0. The van der Waals surface area contributed by atoms with E-state index in [1.54, 1.807) is 24.8 Å². The van der Waals surface area contributed by atoms with Crippen LogP contribution in [-0.4, -0.2) is 33.5 Å². The molecule has 0 saturated heterocycles. The van der Waals surface area contributed by atoms with Gasteiger partial charge in [-0.1, -0.05) is 109 Å². The number of fused-ring (bicyclic) bond motifs is 12. The highest BCUT2D eigenvalue weighted by atomic mass is 16.7. The van der Waals surface area contributed by atoms with Crippen molar-refractivity contribution in [3.8, 4) is 134 Å². The number of para-hydroxylation sites is 3. The predicted molar refractivity (Wildman–Crippen MR) is 365 cm³/mol. The number of nitrogens with zero attached hydrogens (tertiary/aromatic N) is 4. The van der Waals surface area contributed by atoms with E-state index in [0.29, 0.717) is 0 Å². The van der Waals surface area contributed by atoms with Crippen LogP contribution in [0.4, 0.5) is 0 Å². The summed E-state index contributed by atoms with van der Waals surface area (Å²) in [7, 11) is 0. The summed E-state index contributed by atoms with van der Waals surface area (Å²) in [5.74, 6) is 3.11. The average molecular weight is 1190 g/mol. The Morgan fingerprint density at radius 3 is 1.12 bits per heavy atom. The second-order valence-corrected chi connectivity index (χ2v) is 22.8. The average Bonchev–Trinajstić information content (AvgIpc) is 1.68. The molecule has 2 aliphatic rings. The molecule has 0 atom stereocenters. The van der Waals surface area contributed by atoms with Crippen LogP contribution in [0.1, 0.15) is 0 Å². The molecule has 2 aliphatic heterocycles. The molecule has 0 N–H and O–H groups in total. The quantitative estimate of drug-likeness (QED) is 0.146. The summed E-state index contributed by atoms with van der Waals surface area (Å²) in [5.41, 5.74) is 24.5. The Morgan fingerprint density at radius 2 is 0.609 bits per heavy atom. The summed E-state index contributed by atoms with van der Waals surface area (Å²) in [6, 6.07) is 83.7. The van der Waals surface area contributed by atoms with Crippen molar-refractivity contribution < 1.29 is 27.8 Å². The van der Waals surface area contributed by atoms with Crippen molar-refractivity contribution in [2.75, 3.05) is 13.6 Å². The Balaban J connectivity index is 0.000000141. The highest BCUT2D eigenvalue weighted by Crippen LogP contribution is 2.47. The Bertz CT molecular complexity index is 5360. The van der Waals surface area contributed by atoms with Crippen molar-refractivity contribution in [3.05, 3.63) is 292 Å². The van der Waals surface area contributed by atoms with E-state index in [4.69, 9.17) is 27.8 Å². The van der Waals surface area contributed by atoms with Crippen molar-refractivity contribution >= 4 is 43.9 Å². The van der Waals surface area contributed by atoms with Gasteiger partial charge in [0.15, 0.2) is 0 Å². The lowest BCUT2D eigenvalue weighted by Gasteiger charge is -2.14. The van der Waals surface area contributed by atoms with Gasteiger partial charge in [0.2, 0.25) is 13.6 Å². The van der Waals surface area contributed by atoms with E-state index in [9.17, 15) is 0 Å². The summed E-state index contributed by atoms with van der Waals surface area (Å²) in [5, 5.41) is 4.46. The summed E-state index contributed by atoms with van der Waals surface area (Å²) >= 11 is 0. The van der Waals surface area contributed by atoms with Crippen LogP contribution in [0.15, 0.2) is 301 Å². The van der Waals surface area contributed by atoms with E-state index < -0.39 is 0 Å². The maximum absolute atomic E-state index is 6.36. The molecule has 436 valence electrons. The molecule has 0 saturated carbocycles. The Labute approximate surface area is 528 Å². The molecule has 0 unspecified atom stereocenters. The molecule has 92 heavy (non-hydrogen) atoms. The van der Waals surface area contributed by atoms with Crippen LogP contribution in [0.25, 0.3) is 155 Å². The topological polar surface area (TPSA) is 115 Å². The molecular formula is C82H52N4O6. The van der Waals surface area contributed by atoms with Crippen molar-refractivity contribution in [2.24, 2.45) is 0 Å². The smallest absolute Gasteiger partial charge is 0.230 e. The Hall–Kier alpha value is -12.4. The van der Waals surface area contributed by atoms with Gasteiger partial charge >= 0.3 is 0 Å². The van der Waals surface area contributed by atoms with Crippen LogP contribution in [0, 0.1) is 0 Å². The highest BCUT2D eigenvalue weighted by Gasteiger charge is 2.23. The van der Waals surface area contributed by atoms with Gasteiger partial charge in [-0.2, -0.15) is 0 Å². The minimum absolute atomic E-state index is 0.124. The first-order valence-electron chi connectivity index (χ1n) is 30.4. The maximum Gasteiger partial charge on any atom is 0.230 e. The summed E-state index contributed by atoms with van der Waals surface area (Å²) in [6.45, 7) is 0.253. The van der Waals surface area contributed by atoms with Gasteiger partial charge in [0.05, 0.1) is 0 Å². The Kier molecular flexibility index (Phi) is 13.4. The standard InChI is InChI=1S/2C41H26N2O3/c1-2-11-39-34(8-1)36-10-3-9-33(41(36)46-39)27-13-15-38-37(21-27)35-14-12-26(22-40(35)45-25-44-38)30-18-31(28-6-4-16-42-23-28)20-32(19-30)29-7-5-17-43-24-29;1-2-8-39-34(7-1)35-12-9-27(22-41(35)46-39)26-11-14-38-37(20-26)36-13-10-28(21-40(36)45-25-44-38)31-17-32(29-5-3-15-42-23-29)19-33(18-31)30-6-4-16-43-24-30/h2*1-24H,25H2. The number of benzene rings is 10. The lowest BCUT2D eigenvalue weighted by atomic mass is 9.92. The number of pyridine rings is 4. The van der Waals surface area contributed by atoms with Crippen molar-refractivity contribution in [1.82, 2.24) is 19.9 Å². The minimum Gasteiger partial charge on any atom is -0.457 e. The molecule has 10 nitrogen and oxygen atoms in total. The highest BCUT2D eigenvalue weighted by molar-refractivity contribution is 6.10. The van der Waals surface area contributed by atoms with Gasteiger partial charge in [-0.15, -0.1) is 0 Å². The summed E-state index contributed by atoms with van der Waals surface area (Å²) in [4.78, 5) is 17.4. The van der Waals surface area contributed by atoms with Gasteiger partial charge in [-0.05, 0) is 195 Å². The van der Waals surface area contributed by atoms with Gasteiger partial charge in [0.25, 0.3) is 0 Å². The molecule has 10 heteroatoms. The number of furan rings is 2. The molecule has 0 amide bonds. The molecule has 16 aromatic rings. The van der Waals surface area contributed by atoms with Crippen LogP contribution in [0.3, 0.4) is 0 Å². The minimum atomic E-state index is 0.124. The normalized spacial score (nSPS) is 12.2. The first kappa shape index (κ1) is 53.8. The van der Waals surface area contributed by atoms with Crippen molar-refractivity contribution in [3.63, 3.8) is 0 Å². The third kappa shape index (κ3) is 10.1. The number of hydrogen-bond acceptors (Lipinski definition) is 10. The molecule has 18 rings (SSSR count). The third-order valence-electron chi connectivity index (χ3n) is 17.3.